The molecule has 4 nitrogen and oxygen atoms in total. The van der Waals surface area contributed by atoms with Crippen LogP contribution in [-0.2, 0) is 0 Å². The third kappa shape index (κ3) is 3.38. The van der Waals surface area contributed by atoms with Crippen molar-refractivity contribution in [2.45, 2.75) is 40.2 Å². The van der Waals surface area contributed by atoms with Gasteiger partial charge in [-0.3, -0.25) is 0 Å². The fraction of sp³-hybridized carbons (Fsp3) is 0.500. The largest absolute Gasteiger partial charge is 0.474 e. The molecule has 1 heterocycles. The number of fused-ring (bicyclic) bond motifs is 1. The molecule has 1 N–H and O–H groups in total. The van der Waals surface area contributed by atoms with Crippen molar-refractivity contribution in [1.82, 2.24) is 9.97 Å². The molecule has 0 radical (unpaired) electrons. The molecular weight excluding hydrogens is 250 g/mol. The molecule has 1 unspecified atom stereocenters. The van der Waals surface area contributed by atoms with Crippen LogP contribution in [0, 0.1) is 5.92 Å². The quantitative estimate of drug-likeness (QED) is 0.867. The molecule has 108 valence electrons. The maximum absolute atomic E-state index is 6.02. The van der Waals surface area contributed by atoms with Gasteiger partial charge >= 0.3 is 0 Å². The maximum atomic E-state index is 6.02. The summed E-state index contributed by atoms with van der Waals surface area (Å²) < 4.78 is 6.02. The molecule has 2 rings (SSSR count). The Balaban J connectivity index is 2.38. The summed E-state index contributed by atoms with van der Waals surface area (Å²) in [5, 5.41) is 4.19. The van der Waals surface area contributed by atoms with Crippen LogP contribution < -0.4 is 10.1 Å². The van der Waals surface area contributed by atoms with Gasteiger partial charge in [-0.05, 0) is 31.4 Å². The van der Waals surface area contributed by atoms with Crippen LogP contribution in [0.5, 0.6) is 5.88 Å². The zero-order chi connectivity index (χ0) is 14.5. The molecule has 1 atom stereocenters. The Morgan fingerprint density at radius 2 is 1.90 bits per heavy atom. The fourth-order valence-corrected chi connectivity index (χ4v) is 1.77. The number of hydrogen-bond donors (Lipinski definition) is 1. The van der Waals surface area contributed by atoms with Crippen molar-refractivity contribution < 1.29 is 4.74 Å². The van der Waals surface area contributed by atoms with Crippen molar-refractivity contribution in [3.63, 3.8) is 0 Å². The first-order valence-corrected chi connectivity index (χ1v) is 7.29. The van der Waals surface area contributed by atoms with E-state index in [4.69, 9.17) is 4.74 Å². The smallest absolute Gasteiger partial charge is 0.226 e. The van der Waals surface area contributed by atoms with Gasteiger partial charge in [0.15, 0.2) is 0 Å². The molecule has 2 aromatic rings. The standard InChI is InChI=1S/C16H23N3O/c1-5-10-17-16-18-14-9-7-6-8-13(14)15(19-16)20-12(4)11(2)3/h6-9,11-12H,5,10H2,1-4H3,(H,17,18,19). The van der Waals surface area contributed by atoms with E-state index in [0.29, 0.717) is 17.7 Å². The minimum atomic E-state index is 0.118. The molecule has 4 heteroatoms. The predicted molar refractivity (Wildman–Crippen MR) is 83.2 cm³/mol. The van der Waals surface area contributed by atoms with Gasteiger partial charge in [0.05, 0.1) is 17.0 Å². The topological polar surface area (TPSA) is 47.0 Å². The average molecular weight is 273 g/mol. The highest BCUT2D eigenvalue weighted by atomic mass is 16.5. The summed E-state index contributed by atoms with van der Waals surface area (Å²) in [6.07, 6.45) is 1.15. The van der Waals surface area contributed by atoms with E-state index >= 15 is 0 Å². The lowest BCUT2D eigenvalue weighted by atomic mass is 10.1. The van der Waals surface area contributed by atoms with Crippen LogP contribution in [0.2, 0.25) is 0 Å². The lowest BCUT2D eigenvalue weighted by molar-refractivity contribution is 0.166. The highest BCUT2D eigenvalue weighted by molar-refractivity contribution is 5.84. The molecule has 0 saturated heterocycles. The molecule has 0 amide bonds. The molecule has 1 aromatic heterocycles. The Morgan fingerprint density at radius 1 is 1.15 bits per heavy atom. The van der Waals surface area contributed by atoms with Gasteiger partial charge in [0.1, 0.15) is 0 Å². The van der Waals surface area contributed by atoms with E-state index in [0.717, 1.165) is 23.9 Å². The number of nitrogens with zero attached hydrogens (tertiary/aromatic N) is 2. The zero-order valence-electron chi connectivity index (χ0n) is 12.7. The summed E-state index contributed by atoms with van der Waals surface area (Å²) in [4.78, 5) is 9.04. The molecule has 0 aliphatic carbocycles. The summed E-state index contributed by atoms with van der Waals surface area (Å²) in [5.74, 6) is 1.74. The third-order valence-corrected chi connectivity index (χ3v) is 3.34. The molecule has 0 aliphatic heterocycles. The summed E-state index contributed by atoms with van der Waals surface area (Å²) >= 11 is 0. The van der Waals surface area contributed by atoms with Crippen LogP contribution in [-0.4, -0.2) is 22.6 Å². The van der Waals surface area contributed by atoms with Crippen LogP contribution in [0.3, 0.4) is 0 Å². The van der Waals surface area contributed by atoms with E-state index in [-0.39, 0.29) is 6.10 Å². The number of ether oxygens (including phenoxy) is 1. The van der Waals surface area contributed by atoms with E-state index in [1.807, 2.05) is 24.3 Å². The zero-order valence-corrected chi connectivity index (χ0v) is 12.7. The highest BCUT2D eigenvalue weighted by Gasteiger charge is 2.14. The molecule has 0 bridgehead atoms. The van der Waals surface area contributed by atoms with Gasteiger partial charge < -0.3 is 10.1 Å². The predicted octanol–water partition coefficient (Wildman–Crippen LogP) is 3.88. The molecule has 0 spiro atoms. The number of nitrogens with one attached hydrogen (secondary N) is 1. The Bertz CT molecular complexity index is 569. The first-order chi connectivity index (χ1) is 9.61. The van der Waals surface area contributed by atoms with Gasteiger partial charge in [-0.25, -0.2) is 4.98 Å². The molecular formula is C16H23N3O. The normalized spacial score (nSPS) is 12.7. The number of hydrogen-bond acceptors (Lipinski definition) is 4. The Morgan fingerprint density at radius 3 is 2.60 bits per heavy atom. The van der Waals surface area contributed by atoms with Crippen LogP contribution >= 0.6 is 0 Å². The number of aromatic nitrogens is 2. The van der Waals surface area contributed by atoms with E-state index in [1.54, 1.807) is 0 Å². The van der Waals surface area contributed by atoms with Crippen LogP contribution in [0.1, 0.15) is 34.1 Å². The van der Waals surface area contributed by atoms with Crippen molar-refractivity contribution in [3.8, 4) is 5.88 Å². The Labute approximate surface area is 120 Å². The van der Waals surface area contributed by atoms with Crippen LogP contribution in [0.4, 0.5) is 5.95 Å². The Kier molecular flexibility index (Phi) is 4.77. The van der Waals surface area contributed by atoms with Gasteiger partial charge in [-0.15, -0.1) is 0 Å². The fourth-order valence-electron chi connectivity index (χ4n) is 1.77. The first-order valence-electron chi connectivity index (χ1n) is 7.29. The second kappa shape index (κ2) is 6.55. The number of rotatable bonds is 6. The lowest BCUT2D eigenvalue weighted by Gasteiger charge is -2.19. The number of benzene rings is 1. The average Bonchev–Trinajstić information content (AvgIpc) is 2.45. The van der Waals surface area contributed by atoms with Gasteiger partial charge in [0.2, 0.25) is 11.8 Å². The van der Waals surface area contributed by atoms with E-state index in [1.165, 1.54) is 0 Å². The minimum Gasteiger partial charge on any atom is -0.474 e. The summed E-state index contributed by atoms with van der Waals surface area (Å²) in [6, 6.07) is 7.95. The van der Waals surface area contributed by atoms with Gasteiger partial charge in [0, 0.05) is 6.54 Å². The minimum absolute atomic E-state index is 0.118. The third-order valence-electron chi connectivity index (χ3n) is 3.34. The van der Waals surface area contributed by atoms with Crippen LogP contribution in [0.15, 0.2) is 24.3 Å². The van der Waals surface area contributed by atoms with Gasteiger partial charge in [-0.1, -0.05) is 32.9 Å². The van der Waals surface area contributed by atoms with Crippen molar-refractivity contribution in [2.24, 2.45) is 5.92 Å². The van der Waals surface area contributed by atoms with E-state index in [2.05, 4.69) is 43.0 Å². The highest BCUT2D eigenvalue weighted by Crippen LogP contribution is 2.25. The second-order valence-electron chi connectivity index (χ2n) is 5.36. The van der Waals surface area contributed by atoms with Gasteiger partial charge in [0.25, 0.3) is 0 Å². The summed E-state index contributed by atoms with van der Waals surface area (Å²) in [7, 11) is 0. The van der Waals surface area contributed by atoms with Crippen LogP contribution in [0.25, 0.3) is 10.9 Å². The molecule has 0 fully saturated rings. The lowest BCUT2D eigenvalue weighted by Crippen LogP contribution is -2.20. The monoisotopic (exact) mass is 273 g/mol. The SMILES string of the molecule is CCCNc1nc(OC(C)C(C)C)c2ccccc2n1. The van der Waals surface area contributed by atoms with Crippen molar-refractivity contribution in [1.29, 1.82) is 0 Å². The molecule has 20 heavy (non-hydrogen) atoms. The molecule has 0 saturated carbocycles. The van der Waals surface area contributed by atoms with Gasteiger partial charge in [-0.2, -0.15) is 4.98 Å². The molecule has 1 aromatic carbocycles. The number of para-hydroxylation sites is 1. The maximum Gasteiger partial charge on any atom is 0.226 e. The van der Waals surface area contributed by atoms with E-state index < -0.39 is 0 Å². The van der Waals surface area contributed by atoms with Crippen molar-refractivity contribution >= 4 is 16.9 Å². The van der Waals surface area contributed by atoms with Crippen molar-refractivity contribution in [2.75, 3.05) is 11.9 Å². The first kappa shape index (κ1) is 14.6. The Hall–Kier alpha value is -1.84. The summed E-state index contributed by atoms with van der Waals surface area (Å²) in [5.41, 5.74) is 0.909. The molecule has 0 aliphatic rings. The second-order valence-corrected chi connectivity index (χ2v) is 5.36. The summed E-state index contributed by atoms with van der Waals surface area (Å²) in [6.45, 7) is 9.33. The van der Waals surface area contributed by atoms with Crippen molar-refractivity contribution in [3.05, 3.63) is 24.3 Å². The number of anilines is 1. The van der Waals surface area contributed by atoms with E-state index in [9.17, 15) is 0 Å².